The number of fused-ring (bicyclic) bond motifs is 1. The highest BCUT2D eigenvalue weighted by Crippen LogP contribution is 2.37. The van der Waals surface area contributed by atoms with Gasteiger partial charge in [0.05, 0.1) is 26.2 Å². The molecule has 1 atom stereocenters. The normalized spacial score (nSPS) is 13.2. The lowest BCUT2D eigenvalue weighted by atomic mass is 10.0. The van der Waals surface area contributed by atoms with Gasteiger partial charge in [0, 0.05) is 23.4 Å². The van der Waals surface area contributed by atoms with Crippen LogP contribution in [0.2, 0.25) is 0 Å². The molecule has 180 valence electrons. The predicted molar refractivity (Wildman–Crippen MR) is 133 cm³/mol. The largest absolute Gasteiger partial charge is 0.493 e. The molecule has 0 radical (unpaired) electrons. The van der Waals surface area contributed by atoms with E-state index < -0.39 is 6.04 Å². The number of carbonyl (C=O) groups is 3. The number of hydrogen-bond acceptors (Lipinski definition) is 5. The number of ether oxygens (including phenoxy) is 2. The first-order valence-corrected chi connectivity index (χ1v) is 11.5. The maximum Gasteiger partial charge on any atom is 0.255 e. The third-order valence-electron chi connectivity index (χ3n) is 6.03. The molecule has 3 aromatic rings. The molecule has 35 heavy (non-hydrogen) atoms. The minimum absolute atomic E-state index is 0.0289. The predicted octanol–water partition coefficient (Wildman–Crippen LogP) is 5.02. The van der Waals surface area contributed by atoms with Crippen molar-refractivity contribution in [3.05, 3.63) is 89.0 Å². The van der Waals surface area contributed by atoms with Crippen molar-refractivity contribution in [1.82, 2.24) is 4.90 Å². The average Bonchev–Trinajstić information content (AvgIpc) is 3.19. The van der Waals surface area contributed by atoms with E-state index in [2.05, 4.69) is 5.32 Å². The third kappa shape index (κ3) is 5.19. The maximum atomic E-state index is 13.3. The van der Waals surface area contributed by atoms with Crippen LogP contribution in [0.3, 0.4) is 0 Å². The minimum atomic E-state index is -0.532. The fraction of sp³-hybridized carbons (Fsp3) is 0.250. The van der Waals surface area contributed by atoms with E-state index in [0.717, 1.165) is 11.1 Å². The highest BCUT2D eigenvalue weighted by molar-refractivity contribution is 6.00. The van der Waals surface area contributed by atoms with Crippen LogP contribution in [0.25, 0.3) is 0 Å². The van der Waals surface area contributed by atoms with Crippen molar-refractivity contribution < 1.29 is 23.9 Å². The highest BCUT2D eigenvalue weighted by Gasteiger charge is 2.35. The summed E-state index contributed by atoms with van der Waals surface area (Å²) in [5.41, 5.74) is 3.38. The molecule has 0 saturated heterocycles. The van der Waals surface area contributed by atoms with Crippen LogP contribution in [0.5, 0.6) is 11.5 Å². The van der Waals surface area contributed by atoms with Gasteiger partial charge in [0.15, 0.2) is 17.3 Å². The number of anilines is 1. The molecule has 2 amide bonds. The Morgan fingerprint density at radius 3 is 2.54 bits per heavy atom. The van der Waals surface area contributed by atoms with Crippen molar-refractivity contribution in [3.8, 4) is 11.5 Å². The Balaban J connectivity index is 1.65. The summed E-state index contributed by atoms with van der Waals surface area (Å²) in [6.07, 6.45) is 0.0289. The molecule has 3 aromatic carbocycles. The second-order valence-corrected chi connectivity index (χ2v) is 8.34. The Labute approximate surface area is 204 Å². The molecular formula is C28H28N2O5. The van der Waals surface area contributed by atoms with Crippen LogP contribution in [0.4, 0.5) is 5.69 Å². The molecule has 4 rings (SSSR count). The van der Waals surface area contributed by atoms with Gasteiger partial charge in [0.2, 0.25) is 5.91 Å². The van der Waals surface area contributed by atoms with Gasteiger partial charge >= 0.3 is 0 Å². The summed E-state index contributed by atoms with van der Waals surface area (Å²) < 4.78 is 11.2. The van der Waals surface area contributed by atoms with Crippen LogP contribution >= 0.6 is 0 Å². The van der Waals surface area contributed by atoms with Crippen molar-refractivity contribution >= 4 is 23.3 Å². The molecule has 1 aliphatic rings. The highest BCUT2D eigenvalue weighted by atomic mass is 16.5. The van der Waals surface area contributed by atoms with Crippen LogP contribution < -0.4 is 14.8 Å². The molecule has 0 aromatic heterocycles. The molecular weight excluding hydrogens is 444 g/mol. The Hall–Kier alpha value is -4.13. The number of hydrogen-bond donors (Lipinski definition) is 1. The number of nitrogens with one attached hydrogen (secondary N) is 1. The van der Waals surface area contributed by atoms with Gasteiger partial charge in [0.1, 0.15) is 0 Å². The molecule has 0 bridgehead atoms. The lowest BCUT2D eigenvalue weighted by molar-refractivity contribution is -0.117. The fourth-order valence-corrected chi connectivity index (χ4v) is 4.31. The van der Waals surface area contributed by atoms with Gasteiger partial charge in [-0.2, -0.15) is 0 Å². The van der Waals surface area contributed by atoms with E-state index in [0.29, 0.717) is 41.5 Å². The molecule has 0 aliphatic carbocycles. The van der Waals surface area contributed by atoms with Crippen molar-refractivity contribution in [2.45, 2.75) is 32.9 Å². The number of benzene rings is 3. The Bertz CT molecular complexity index is 1270. The summed E-state index contributed by atoms with van der Waals surface area (Å²) >= 11 is 0. The molecule has 0 fully saturated rings. The van der Waals surface area contributed by atoms with Crippen molar-refractivity contribution in [2.75, 3.05) is 19.0 Å². The summed E-state index contributed by atoms with van der Waals surface area (Å²) in [4.78, 5) is 39.9. The lowest BCUT2D eigenvalue weighted by Crippen LogP contribution is -2.32. The zero-order valence-electron chi connectivity index (χ0n) is 20.0. The van der Waals surface area contributed by atoms with Gasteiger partial charge in [0.25, 0.3) is 5.91 Å². The van der Waals surface area contributed by atoms with Crippen LogP contribution in [-0.4, -0.2) is 36.2 Å². The first-order chi connectivity index (χ1) is 16.9. The van der Waals surface area contributed by atoms with E-state index in [1.165, 1.54) is 6.92 Å². The van der Waals surface area contributed by atoms with E-state index >= 15 is 0 Å². The summed E-state index contributed by atoms with van der Waals surface area (Å²) in [6, 6.07) is 19.2. The smallest absolute Gasteiger partial charge is 0.255 e. The maximum absolute atomic E-state index is 13.3. The van der Waals surface area contributed by atoms with E-state index in [9.17, 15) is 14.4 Å². The van der Waals surface area contributed by atoms with Crippen molar-refractivity contribution in [1.29, 1.82) is 0 Å². The zero-order valence-corrected chi connectivity index (χ0v) is 20.0. The summed E-state index contributed by atoms with van der Waals surface area (Å²) in [7, 11) is 1.56. The molecule has 1 heterocycles. The van der Waals surface area contributed by atoms with E-state index in [1.54, 1.807) is 48.4 Å². The SMILES string of the molecule is CCOc1ccc([C@H](CC(=O)Nc2cccc(C(C)=O)c2)N2Cc3ccccc3C2=O)cc1OC. The number of nitrogens with zero attached hydrogens (tertiary/aromatic N) is 1. The molecule has 7 nitrogen and oxygen atoms in total. The molecule has 0 spiro atoms. The standard InChI is InChI=1S/C28H28N2O5/c1-4-35-25-13-12-20(15-26(25)34-3)24(30-17-21-8-5-6-11-23(21)28(30)33)16-27(32)29-22-10-7-9-19(14-22)18(2)31/h5-15,24H,4,16-17H2,1-3H3,(H,29,32)/t24-/m0/s1. The Morgan fingerprint density at radius 1 is 1.03 bits per heavy atom. The van der Waals surface area contributed by atoms with Crippen LogP contribution in [0.15, 0.2) is 66.7 Å². The Kier molecular flexibility index (Phi) is 7.15. The monoisotopic (exact) mass is 472 g/mol. The van der Waals surface area contributed by atoms with E-state index in [-0.39, 0.29) is 24.0 Å². The number of carbonyl (C=O) groups excluding carboxylic acids is 3. The number of ketones is 1. The van der Waals surface area contributed by atoms with Crippen molar-refractivity contribution in [2.24, 2.45) is 0 Å². The summed E-state index contributed by atoms with van der Waals surface area (Å²) in [5, 5.41) is 2.87. The molecule has 0 saturated carbocycles. The van der Waals surface area contributed by atoms with Crippen LogP contribution in [0.1, 0.15) is 58.2 Å². The zero-order chi connectivity index (χ0) is 24.9. The van der Waals surface area contributed by atoms with Gasteiger partial charge in [-0.05, 0) is 55.3 Å². The molecule has 1 N–H and O–H groups in total. The van der Waals surface area contributed by atoms with Gasteiger partial charge < -0.3 is 19.7 Å². The summed E-state index contributed by atoms with van der Waals surface area (Å²) in [5.74, 6) is 0.658. The topological polar surface area (TPSA) is 84.9 Å². The van der Waals surface area contributed by atoms with Gasteiger partial charge in [-0.1, -0.05) is 36.4 Å². The third-order valence-corrected chi connectivity index (χ3v) is 6.03. The minimum Gasteiger partial charge on any atom is -0.493 e. The molecule has 7 heteroatoms. The number of Topliss-reactive ketones (excluding diaryl/α,β-unsaturated/α-hetero) is 1. The number of amides is 2. The summed E-state index contributed by atoms with van der Waals surface area (Å²) in [6.45, 7) is 4.26. The molecule has 1 aliphatic heterocycles. The van der Waals surface area contributed by atoms with E-state index in [1.807, 2.05) is 37.3 Å². The molecule has 0 unspecified atom stereocenters. The lowest BCUT2D eigenvalue weighted by Gasteiger charge is -2.28. The number of rotatable bonds is 9. The fourth-order valence-electron chi connectivity index (χ4n) is 4.31. The van der Waals surface area contributed by atoms with Crippen LogP contribution in [-0.2, 0) is 11.3 Å². The first kappa shape index (κ1) is 24.0. The van der Waals surface area contributed by atoms with Crippen LogP contribution in [0, 0.1) is 0 Å². The quantitative estimate of drug-likeness (QED) is 0.442. The Morgan fingerprint density at radius 2 is 1.83 bits per heavy atom. The van der Waals surface area contributed by atoms with Crippen molar-refractivity contribution in [3.63, 3.8) is 0 Å². The van der Waals surface area contributed by atoms with Gasteiger partial charge in [-0.25, -0.2) is 0 Å². The first-order valence-electron chi connectivity index (χ1n) is 11.5. The van der Waals surface area contributed by atoms with Gasteiger partial charge in [-0.3, -0.25) is 14.4 Å². The second kappa shape index (κ2) is 10.4. The van der Waals surface area contributed by atoms with Gasteiger partial charge in [-0.15, -0.1) is 0 Å². The second-order valence-electron chi connectivity index (χ2n) is 8.34. The number of methoxy groups -OCH3 is 1. The average molecular weight is 473 g/mol. The van der Waals surface area contributed by atoms with E-state index in [4.69, 9.17) is 9.47 Å².